The number of halogens is 3. The maximum atomic E-state index is 14.2. The van der Waals surface area contributed by atoms with Crippen LogP contribution in [0.25, 0.3) is 0 Å². The van der Waals surface area contributed by atoms with Gasteiger partial charge in [-0.05, 0) is 35.7 Å². The molecule has 0 aromatic heterocycles. The van der Waals surface area contributed by atoms with Gasteiger partial charge in [-0.3, -0.25) is 19.2 Å². The number of hydrogen-bond acceptors (Lipinski definition) is 4. The first kappa shape index (κ1) is 32.0. The SMILES string of the molecule is O=C(CCc1ccccc1)N[C@@H](CC(=O)N1CC=CC1)C(=O)N[C@@H](Cc1ccc(F)cc1)C(=O)NCc1ccc(F)cc1F. The molecule has 3 aromatic carbocycles. The van der Waals surface area contributed by atoms with Crippen LogP contribution in [0, 0.1) is 17.5 Å². The van der Waals surface area contributed by atoms with Crippen LogP contribution in [-0.4, -0.2) is 53.7 Å². The first-order valence-electron chi connectivity index (χ1n) is 14.2. The molecule has 3 N–H and O–H groups in total. The van der Waals surface area contributed by atoms with Crippen molar-refractivity contribution in [3.63, 3.8) is 0 Å². The molecule has 0 fully saturated rings. The molecule has 3 aromatic rings. The smallest absolute Gasteiger partial charge is 0.243 e. The Morgan fingerprint density at radius 1 is 0.750 bits per heavy atom. The predicted molar refractivity (Wildman–Crippen MR) is 157 cm³/mol. The lowest BCUT2D eigenvalue weighted by Crippen LogP contribution is -2.55. The van der Waals surface area contributed by atoms with Crippen LogP contribution in [0.5, 0.6) is 0 Å². The van der Waals surface area contributed by atoms with Gasteiger partial charge in [0.25, 0.3) is 0 Å². The lowest BCUT2D eigenvalue weighted by molar-refractivity contribution is -0.136. The largest absolute Gasteiger partial charge is 0.350 e. The highest BCUT2D eigenvalue weighted by Gasteiger charge is 2.30. The van der Waals surface area contributed by atoms with Crippen molar-refractivity contribution in [2.75, 3.05) is 13.1 Å². The Kier molecular flexibility index (Phi) is 11.3. The second kappa shape index (κ2) is 15.5. The van der Waals surface area contributed by atoms with Gasteiger partial charge in [0.2, 0.25) is 23.6 Å². The lowest BCUT2D eigenvalue weighted by Gasteiger charge is -2.25. The molecule has 0 unspecified atom stereocenters. The summed E-state index contributed by atoms with van der Waals surface area (Å²) < 4.78 is 41.0. The number of hydrogen-bond donors (Lipinski definition) is 3. The molecule has 4 rings (SSSR count). The van der Waals surface area contributed by atoms with E-state index in [2.05, 4.69) is 16.0 Å². The van der Waals surface area contributed by atoms with E-state index in [1.807, 2.05) is 42.5 Å². The van der Waals surface area contributed by atoms with Crippen molar-refractivity contribution < 1.29 is 32.3 Å². The van der Waals surface area contributed by atoms with E-state index in [1.165, 1.54) is 35.2 Å². The van der Waals surface area contributed by atoms with Gasteiger partial charge in [0.05, 0.1) is 6.42 Å². The average Bonchev–Trinajstić information content (AvgIpc) is 3.56. The van der Waals surface area contributed by atoms with Gasteiger partial charge in [-0.1, -0.05) is 60.7 Å². The molecule has 1 aliphatic heterocycles. The van der Waals surface area contributed by atoms with Crippen LogP contribution >= 0.6 is 0 Å². The molecule has 0 saturated carbocycles. The Morgan fingerprint density at radius 2 is 1.43 bits per heavy atom. The number of carbonyl (C=O) groups is 4. The van der Waals surface area contributed by atoms with E-state index in [1.54, 1.807) is 0 Å². The van der Waals surface area contributed by atoms with Crippen molar-refractivity contribution in [2.45, 2.75) is 44.3 Å². The molecule has 0 saturated heterocycles. The molecule has 230 valence electrons. The summed E-state index contributed by atoms with van der Waals surface area (Å²) in [6.45, 7) is 0.468. The lowest BCUT2D eigenvalue weighted by atomic mass is 10.0. The van der Waals surface area contributed by atoms with Gasteiger partial charge in [-0.2, -0.15) is 0 Å². The number of aryl methyl sites for hydroxylation is 1. The van der Waals surface area contributed by atoms with Gasteiger partial charge >= 0.3 is 0 Å². The molecule has 44 heavy (non-hydrogen) atoms. The standard InChI is InChI=1S/C33H33F3N4O4/c34-25-12-8-23(9-13-25)18-28(32(43)37-21-24-11-14-26(35)19-27(24)36)39-33(44)29(20-31(42)40-16-4-5-17-40)38-30(41)15-10-22-6-2-1-3-7-22/h1-9,11-14,19,28-29H,10,15-18,20-21H2,(H,37,43)(H,38,41)(H,39,44)/t28-,29-/m0/s1. The number of nitrogens with one attached hydrogen (secondary N) is 3. The summed E-state index contributed by atoms with van der Waals surface area (Å²) in [4.78, 5) is 54.2. The zero-order chi connectivity index (χ0) is 31.5. The number of amides is 4. The van der Waals surface area contributed by atoms with Crippen LogP contribution in [0.3, 0.4) is 0 Å². The average molecular weight is 607 g/mol. The van der Waals surface area contributed by atoms with E-state index in [-0.39, 0.29) is 37.3 Å². The summed E-state index contributed by atoms with van der Waals surface area (Å²) in [6.07, 6.45) is 3.71. The zero-order valence-electron chi connectivity index (χ0n) is 23.9. The summed E-state index contributed by atoms with van der Waals surface area (Å²) in [5.41, 5.74) is 1.47. The second-order valence-electron chi connectivity index (χ2n) is 10.4. The van der Waals surface area contributed by atoms with Crippen LogP contribution in [0.2, 0.25) is 0 Å². The molecule has 0 bridgehead atoms. The number of nitrogens with zero attached hydrogens (tertiary/aromatic N) is 1. The van der Waals surface area contributed by atoms with Gasteiger partial charge in [0, 0.05) is 44.1 Å². The van der Waals surface area contributed by atoms with E-state index in [4.69, 9.17) is 0 Å². The Hall–Kier alpha value is -4.93. The van der Waals surface area contributed by atoms with Crippen LogP contribution < -0.4 is 16.0 Å². The molecule has 1 heterocycles. The third-order valence-electron chi connectivity index (χ3n) is 7.14. The number of benzene rings is 3. The normalized spacial score (nSPS) is 13.7. The molecular weight excluding hydrogens is 573 g/mol. The van der Waals surface area contributed by atoms with Gasteiger partial charge in [0.1, 0.15) is 29.5 Å². The second-order valence-corrected chi connectivity index (χ2v) is 10.4. The quantitative estimate of drug-likeness (QED) is 0.260. The third kappa shape index (κ3) is 9.55. The molecule has 2 atom stereocenters. The van der Waals surface area contributed by atoms with Crippen LogP contribution in [0.15, 0.2) is 84.9 Å². The zero-order valence-corrected chi connectivity index (χ0v) is 23.9. The summed E-state index contributed by atoms with van der Waals surface area (Å²) in [5, 5.41) is 7.80. The molecule has 0 spiro atoms. The maximum absolute atomic E-state index is 14.2. The Labute approximate surface area is 253 Å². The van der Waals surface area contributed by atoms with E-state index in [0.717, 1.165) is 11.6 Å². The van der Waals surface area contributed by atoms with Gasteiger partial charge in [-0.15, -0.1) is 0 Å². The van der Waals surface area contributed by atoms with Crippen molar-refractivity contribution >= 4 is 23.6 Å². The maximum Gasteiger partial charge on any atom is 0.243 e. The van der Waals surface area contributed by atoms with E-state index < -0.39 is 47.3 Å². The van der Waals surface area contributed by atoms with E-state index >= 15 is 0 Å². The minimum Gasteiger partial charge on any atom is -0.350 e. The van der Waals surface area contributed by atoms with Crippen LogP contribution in [-0.2, 0) is 38.6 Å². The highest BCUT2D eigenvalue weighted by molar-refractivity contribution is 5.95. The molecule has 11 heteroatoms. The first-order chi connectivity index (χ1) is 21.2. The predicted octanol–water partition coefficient (Wildman–Crippen LogP) is 3.35. The highest BCUT2D eigenvalue weighted by atomic mass is 19.1. The van der Waals surface area contributed by atoms with Crippen molar-refractivity contribution in [1.29, 1.82) is 0 Å². The van der Waals surface area contributed by atoms with E-state index in [9.17, 15) is 32.3 Å². The summed E-state index contributed by atoms with van der Waals surface area (Å²) >= 11 is 0. The topological polar surface area (TPSA) is 108 Å². The first-order valence-corrected chi connectivity index (χ1v) is 14.2. The molecule has 0 radical (unpaired) electrons. The number of carbonyl (C=O) groups excluding carboxylic acids is 4. The Balaban J connectivity index is 1.48. The van der Waals surface area contributed by atoms with Crippen molar-refractivity contribution in [2.24, 2.45) is 0 Å². The fourth-order valence-corrected chi connectivity index (χ4v) is 4.67. The Morgan fingerprint density at radius 3 is 2.11 bits per heavy atom. The fraction of sp³-hybridized carbons (Fsp3) is 0.273. The van der Waals surface area contributed by atoms with Gasteiger partial charge in [-0.25, -0.2) is 13.2 Å². The van der Waals surface area contributed by atoms with Crippen LogP contribution in [0.1, 0.15) is 29.5 Å². The monoisotopic (exact) mass is 606 g/mol. The molecule has 4 amide bonds. The van der Waals surface area contributed by atoms with Gasteiger partial charge in [0.15, 0.2) is 0 Å². The third-order valence-corrected chi connectivity index (χ3v) is 7.14. The van der Waals surface area contributed by atoms with E-state index in [0.29, 0.717) is 31.1 Å². The highest BCUT2D eigenvalue weighted by Crippen LogP contribution is 2.12. The molecule has 8 nitrogen and oxygen atoms in total. The van der Waals surface area contributed by atoms with Crippen molar-refractivity contribution in [3.8, 4) is 0 Å². The van der Waals surface area contributed by atoms with Gasteiger partial charge < -0.3 is 20.9 Å². The fourth-order valence-electron chi connectivity index (χ4n) is 4.67. The van der Waals surface area contributed by atoms with Crippen LogP contribution in [0.4, 0.5) is 13.2 Å². The van der Waals surface area contributed by atoms with Crippen molar-refractivity contribution in [3.05, 3.63) is 119 Å². The molecule has 1 aliphatic rings. The minimum atomic E-state index is -1.29. The van der Waals surface area contributed by atoms with Crippen molar-refractivity contribution in [1.82, 2.24) is 20.9 Å². The summed E-state index contributed by atoms with van der Waals surface area (Å²) in [7, 11) is 0. The molecular formula is C33H33F3N4O4. The molecule has 0 aliphatic carbocycles. The Bertz CT molecular complexity index is 1490. The summed E-state index contributed by atoms with van der Waals surface area (Å²) in [6, 6.07) is 15.0. The minimum absolute atomic E-state index is 0.0278. The summed E-state index contributed by atoms with van der Waals surface area (Å²) in [5.74, 6) is -4.38. The number of rotatable bonds is 13.